The van der Waals surface area contributed by atoms with Crippen LogP contribution in [0, 0.1) is 5.92 Å². The number of nitrogens with zero attached hydrogens (tertiary/aromatic N) is 4. The van der Waals surface area contributed by atoms with Gasteiger partial charge in [0.2, 0.25) is 5.91 Å². The molecule has 3 aromatic heterocycles. The van der Waals surface area contributed by atoms with Crippen LogP contribution >= 0.6 is 34.2 Å². The molecule has 3 heterocycles. The number of benzene rings is 2. The number of carbonyl (C=O) groups is 3. The number of carbonyl (C=O) groups excluding carboxylic acids is 3. The molecule has 0 fully saturated rings. The zero-order valence-corrected chi connectivity index (χ0v) is 31.6. The molecule has 0 radical (unpaired) electrons. The van der Waals surface area contributed by atoms with Gasteiger partial charge in [-0.25, -0.2) is 23.9 Å². The maximum Gasteiger partial charge on any atom is 0.407 e. The number of aliphatic hydroxyl groups excluding tert-OH is 1. The first-order chi connectivity index (χ1) is 25.1. The standard InChI is InChI=1S/C37H43N7O5S3/c1-24(2)32(43-36(47)44(3)21-28-23-51-35(41-28)34-38-16-17-50-34)33(46)40-27(18-25-10-6-4-7-11-25)20-31(45)30(19-26-12-8-5-9-13-26)42-37(48)49-22-29-14-15-39-52-29/h4-17,23-24,27,30-32,45H,18-22H2,1-3H3,(H,40,46)(H,42,48)(H,43,47)/t27-,30?,31?,32-/m0/s1. The summed E-state index contributed by atoms with van der Waals surface area (Å²) in [4.78, 5) is 51.4. The molecule has 0 spiro atoms. The normalized spacial score (nSPS) is 13.5. The number of hydrogen-bond acceptors (Lipinski definition) is 11. The summed E-state index contributed by atoms with van der Waals surface area (Å²) < 4.78 is 9.46. The van der Waals surface area contributed by atoms with E-state index in [1.807, 2.05) is 85.3 Å². The van der Waals surface area contributed by atoms with Gasteiger partial charge in [0.15, 0.2) is 10.0 Å². The zero-order chi connectivity index (χ0) is 36.9. The van der Waals surface area contributed by atoms with Gasteiger partial charge in [0, 0.05) is 36.2 Å². The van der Waals surface area contributed by atoms with Crippen LogP contribution in [0.2, 0.25) is 0 Å². The molecule has 0 aliphatic rings. The minimum absolute atomic E-state index is 0.0618. The van der Waals surface area contributed by atoms with Crippen molar-refractivity contribution in [2.75, 3.05) is 7.05 Å². The summed E-state index contributed by atoms with van der Waals surface area (Å²) >= 11 is 4.21. The van der Waals surface area contributed by atoms with Crippen LogP contribution in [0.1, 0.15) is 42.0 Å². The van der Waals surface area contributed by atoms with E-state index in [0.29, 0.717) is 12.8 Å². The fraction of sp³-hybridized carbons (Fsp3) is 0.351. The highest BCUT2D eigenvalue weighted by Crippen LogP contribution is 2.26. The summed E-state index contributed by atoms with van der Waals surface area (Å²) in [5.41, 5.74) is 2.60. The lowest BCUT2D eigenvalue weighted by Crippen LogP contribution is -2.55. The Labute approximate surface area is 315 Å². The largest absolute Gasteiger partial charge is 0.444 e. The topological polar surface area (TPSA) is 159 Å². The molecule has 0 aliphatic heterocycles. The molecule has 12 nitrogen and oxygen atoms in total. The van der Waals surface area contributed by atoms with Crippen molar-refractivity contribution >= 4 is 52.2 Å². The van der Waals surface area contributed by atoms with E-state index in [1.54, 1.807) is 25.5 Å². The van der Waals surface area contributed by atoms with E-state index in [2.05, 4.69) is 30.3 Å². The number of aliphatic hydroxyl groups is 1. The van der Waals surface area contributed by atoms with Crippen molar-refractivity contribution in [2.24, 2.45) is 5.92 Å². The molecule has 5 rings (SSSR count). The fourth-order valence-corrected chi connectivity index (χ4v) is 7.53. The molecule has 4 atom stereocenters. The SMILES string of the molecule is CC(C)[C@H](NC(=O)N(C)Cc1csc(-c2nccs2)n1)C(=O)N[C@@H](Cc1ccccc1)CC(O)C(Cc1ccccc1)NC(=O)OCc1ccns1. The van der Waals surface area contributed by atoms with Gasteiger partial charge < -0.3 is 30.7 Å². The van der Waals surface area contributed by atoms with Crippen molar-refractivity contribution < 1.29 is 24.2 Å². The average Bonchev–Trinajstić information content (AvgIpc) is 3.94. The first-order valence-electron chi connectivity index (χ1n) is 16.9. The minimum Gasteiger partial charge on any atom is -0.444 e. The Morgan fingerprint density at radius 3 is 2.23 bits per heavy atom. The molecule has 5 aromatic rings. The minimum atomic E-state index is -1.06. The second-order valence-electron chi connectivity index (χ2n) is 12.7. The second-order valence-corrected chi connectivity index (χ2v) is 15.4. The van der Waals surface area contributed by atoms with Crippen LogP contribution in [0.3, 0.4) is 0 Å². The van der Waals surface area contributed by atoms with Gasteiger partial charge in [-0.2, -0.15) is 0 Å². The Morgan fingerprint density at radius 2 is 1.60 bits per heavy atom. The second kappa shape index (κ2) is 19.2. The molecule has 2 unspecified atom stereocenters. The number of nitrogens with one attached hydrogen (secondary N) is 3. The third-order valence-corrected chi connectivity index (χ3v) is 10.8. The van der Waals surface area contributed by atoms with E-state index in [-0.39, 0.29) is 31.4 Å². The number of alkyl carbamates (subject to hydrolysis) is 1. The van der Waals surface area contributed by atoms with Gasteiger partial charge in [0.25, 0.3) is 0 Å². The van der Waals surface area contributed by atoms with Gasteiger partial charge in [-0.3, -0.25) is 4.79 Å². The van der Waals surface area contributed by atoms with Gasteiger partial charge in [-0.15, -0.1) is 22.7 Å². The van der Waals surface area contributed by atoms with Crippen LogP contribution in [-0.4, -0.2) is 73.7 Å². The highest BCUT2D eigenvalue weighted by Gasteiger charge is 2.31. The molecule has 4 N–H and O–H groups in total. The highest BCUT2D eigenvalue weighted by molar-refractivity contribution is 7.19. The van der Waals surface area contributed by atoms with E-state index in [1.165, 1.54) is 39.1 Å². The van der Waals surface area contributed by atoms with Crippen LogP contribution in [0.25, 0.3) is 10.0 Å². The molecular formula is C37H43N7O5S3. The Hall–Kier alpha value is -4.70. The third-order valence-electron chi connectivity index (χ3n) is 8.24. The number of rotatable bonds is 17. The van der Waals surface area contributed by atoms with Crippen LogP contribution in [-0.2, 0) is 35.5 Å². The third kappa shape index (κ3) is 11.7. The molecule has 274 valence electrons. The van der Waals surface area contributed by atoms with Crippen molar-refractivity contribution in [3.05, 3.63) is 112 Å². The van der Waals surface area contributed by atoms with Crippen molar-refractivity contribution in [1.82, 2.24) is 35.2 Å². The summed E-state index contributed by atoms with van der Waals surface area (Å²) in [5.74, 6) is -0.614. The number of aromatic nitrogens is 3. The molecule has 52 heavy (non-hydrogen) atoms. The molecule has 2 aromatic carbocycles. The summed E-state index contributed by atoms with van der Waals surface area (Å²) in [6.07, 6.45) is 2.52. The van der Waals surface area contributed by atoms with Crippen LogP contribution in [0.5, 0.6) is 0 Å². The lowest BCUT2D eigenvalue weighted by Gasteiger charge is -2.30. The van der Waals surface area contributed by atoms with E-state index in [4.69, 9.17) is 4.74 Å². The average molecular weight is 762 g/mol. The fourth-order valence-electron chi connectivity index (χ4n) is 5.54. The molecular weight excluding hydrogens is 719 g/mol. The first kappa shape index (κ1) is 38.5. The van der Waals surface area contributed by atoms with Gasteiger partial charge >= 0.3 is 12.1 Å². The van der Waals surface area contributed by atoms with Gasteiger partial charge in [-0.1, -0.05) is 74.5 Å². The van der Waals surface area contributed by atoms with Gasteiger partial charge in [-0.05, 0) is 53.9 Å². The van der Waals surface area contributed by atoms with Gasteiger partial charge in [0.05, 0.1) is 29.3 Å². The zero-order valence-electron chi connectivity index (χ0n) is 29.2. The summed E-state index contributed by atoms with van der Waals surface area (Å²) in [6, 6.07) is 18.4. The summed E-state index contributed by atoms with van der Waals surface area (Å²) in [7, 11) is 1.66. The number of ether oxygens (including phenoxy) is 1. The predicted octanol–water partition coefficient (Wildman–Crippen LogP) is 5.91. The molecule has 4 amide bonds. The Bertz CT molecular complexity index is 1820. The van der Waals surface area contributed by atoms with Crippen LogP contribution in [0.15, 0.2) is 89.9 Å². The molecule has 0 saturated carbocycles. The summed E-state index contributed by atoms with van der Waals surface area (Å²) in [5, 5.41) is 25.9. The molecule has 0 saturated heterocycles. The van der Waals surface area contributed by atoms with Crippen molar-refractivity contribution in [1.29, 1.82) is 0 Å². The van der Waals surface area contributed by atoms with Crippen LogP contribution < -0.4 is 16.0 Å². The maximum atomic E-state index is 13.9. The molecule has 0 bridgehead atoms. The van der Waals surface area contributed by atoms with Crippen LogP contribution in [0.4, 0.5) is 9.59 Å². The Kier molecular flexibility index (Phi) is 14.2. The molecule has 15 heteroatoms. The van der Waals surface area contributed by atoms with E-state index >= 15 is 0 Å². The Morgan fingerprint density at radius 1 is 0.885 bits per heavy atom. The van der Waals surface area contributed by atoms with Crippen molar-refractivity contribution in [2.45, 2.75) is 70.5 Å². The quantitative estimate of drug-likeness (QED) is 0.0912. The van der Waals surface area contributed by atoms with E-state index in [9.17, 15) is 19.5 Å². The van der Waals surface area contributed by atoms with Crippen molar-refractivity contribution in [3.8, 4) is 10.0 Å². The number of thiazole rings is 2. The summed E-state index contributed by atoms with van der Waals surface area (Å²) in [6.45, 7) is 4.05. The van der Waals surface area contributed by atoms with E-state index < -0.39 is 36.4 Å². The lowest BCUT2D eigenvalue weighted by molar-refractivity contribution is -0.124. The Balaban J connectivity index is 1.26. The number of hydrogen-bond donors (Lipinski definition) is 4. The maximum absolute atomic E-state index is 13.9. The highest BCUT2D eigenvalue weighted by atomic mass is 32.1. The lowest BCUT2D eigenvalue weighted by atomic mass is 9.93. The van der Waals surface area contributed by atoms with Crippen molar-refractivity contribution in [3.63, 3.8) is 0 Å². The monoisotopic (exact) mass is 761 g/mol. The number of amides is 4. The first-order valence-corrected chi connectivity index (χ1v) is 19.4. The number of urea groups is 1. The van der Waals surface area contributed by atoms with Gasteiger partial charge in [0.1, 0.15) is 12.6 Å². The van der Waals surface area contributed by atoms with E-state index in [0.717, 1.165) is 31.7 Å². The molecule has 0 aliphatic carbocycles. The predicted molar refractivity (Wildman–Crippen MR) is 204 cm³/mol. The smallest absolute Gasteiger partial charge is 0.407 e.